The third-order valence-corrected chi connectivity index (χ3v) is 5.17. The van der Waals surface area contributed by atoms with Crippen molar-refractivity contribution in [2.24, 2.45) is 0 Å². The number of amides is 1. The van der Waals surface area contributed by atoms with Gasteiger partial charge in [-0.3, -0.25) is 14.2 Å². The zero-order chi connectivity index (χ0) is 19.2. The van der Waals surface area contributed by atoms with Crippen LogP contribution in [0.5, 0.6) is 0 Å². The molecule has 0 aliphatic carbocycles. The first kappa shape index (κ1) is 19.2. The van der Waals surface area contributed by atoms with Crippen molar-refractivity contribution in [2.75, 3.05) is 12.3 Å². The highest BCUT2D eigenvalue weighted by Gasteiger charge is 2.13. The van der Waals surface area contributed by atoms with E-state index in [0.29, 0.717) is 29.1 Å². The molecule has 0 spiro atoms. The highest BCUT2D eigenvalue weighted by atomic mass is 32.2. The second kappa shape index (κ2) is 8.86. The molecular formula is C21H23N3O2S. The zero-order valence-corrected chi connectivity index (χ0v) is 16.4. The van der Waals surface area contributed by atoms with Gasteiger partial charge in [0.25, 0.3) is 5.56 Å². The van der Waals surface area contributed by atoms with Gasteiger partial charge in [-0.1, -0.05) is 60.6 Å². The predicted octanol–water partition coefficient (Wildman–Crippen LogP) is 3.37. The highest BCUT2D eigenvalue weighted by Crippen LogP contribution is 2.19. The van der Waals surface area contributed by atoms with Crippen molar-refractivity contribution >= 4 is 28.6 Å². The van der Waals surface area contributed by atoms with Crippen LogP contribution in [0.2, 0.25) is 0 Å². The van der Waals surface area contributed by atoms with Gasteiger partial charge in [-0.05, 0) is 31.0 Å². The number of nitrogens with one attached hydrogen (secondary N) is 1. The lowest BCUT2D eigenvalue weighted by Gasteiger charge is -2.13. The van der Waals surface area contributed by atoms with Crippen LogP contribution >= 0.6 is 11.8 Å². The van der Waals surface area contributed by atoms with Gasteiger partial charge >= 0.3 is 0 Å². The first-order valence-electron chi connectivity index (χ1n) is 9.03. The van der Waals surface area contributed by atoms with Crippen LogP contribution in [0.15, 0.2) is 58.5 Å². The molecule has 0 saturated carbocycles. The molecule has 0 saturated heterocycles. The van der Waals surface area contributed by atoms with E-state index in [9.17, 15) is 9.59 Å². The first-order valence-corrected chi connectivity index (χ1v) is 10.0. The van der Waals surface area contributed by atoms with Gasteiger partial charge in [-0.2, -0.15) is 0 Å². The number of benzene rings is 2. The number of aromatic nitrogens is 2. The van der Waals surface area contributed by atoms with Crippen molar-refractivity contribution in [1.29, 1.82) is 0 Å². The quantitative estimate of drug-likeness (QED) is 0.503. The molecule has 140 valence electrons. The number of rotatable bonds is 7. The Kier molecular flexibility index (Phi) is 6.29. The maximum Gasteiger partial charge on any atom is 0.262 e. The number of aryl methyl sites for hydroxylation is 1. The van der Waals surface area contributed by atoms with E-state index in [-0.39, 0.29) is 17.2 Å². The van der Waals surface area contributed by atoms with E-state index in [1.807, 2.05) is 56.3 Å². The molecule has 0 bridgehead atoms. The molecule has 3 aromatic rings. The molecule has 1 heterocycles. The van der Waals surface area contributed by atoms with Gasteiger partial charge in [-0.25, -0.2) is 4.98 Å². The summed E-state index contributed by atoms with van der Waals surface area (Å²) in [6, 6.07) is 15.4. The molecule has 0 unspecified atom stereocenters. The molecule has 1 aromatic heterocycles. The Morgan fingerprint density at radius 3 is 2.63 bits per heavy atom. The molecule has 0 radical (unpaired) electrons. The van der Waals surface area contributed by atoms with Crippen molar-refractivity contribution < 1.29 is 4.79 Å². The van der Waals surface area contributed by atoms with Crippen LogP contribution in [0.25, 0.3) is 10.9 Å². The molecule has 0 fully saturated rings. The number of nitrogens with zero attached hydrogens (tertiary/aromatic N) is 2. The van der Waals surface area contributed by atoms with E-state index in [4.69, 9.17) is 0 Å². The Labute approximate surface area is 162 Å². The van der Waals surface area contributed by atoms with E-state index in [1.54, 1.807) is 10.6 Å². The van der Waals surface area contributed by atoms with Gasteiger partial charge < -0.3 is 5.32 Å². The topological polar surface area (TPSA) is 64.0 Å². The van der Waals surface area contributed by atoms with Crippen LogP contribution < -0.4 is 10.9 Å². The van der Waals surface area contributed by atoms with Gasteiger partial charge in [0, 0.05) is 6.54 Å². The molecule has 1 amide bonds. The monoisotopic (exact) mass is 381 g/mol. The largest absolute Gasteiger partial charge is 0.355 e. The molecule has 5 nitrogen and oxygen atoms in total. The minimum Gasteiger partial charge on any atom is -0.355 e. The minimum absolute atomic E-state index is 0.0499. The molecular weight excluding hydrogens is 358 g/mol. The van der Waals surface area contributed by atoms with Crippen LogP contribution in [0.4, 0.5) is 0 Å². The first-order chi connectivity index (χ1) is 13.1. The van der Waals surface area contributed by atoms with Crippen molar-refractivity contribution in [3.63, 3.8) is 0 Å². The summed E-state index contributed by atoms with van der Waals surface area (Å²) >= 11 is 1.30. The number of hydrogen-bond acceptors (Lipinski definition) is 4. The van der Waals surface area contributed by atoms with Crippen molar-refractivity contribution in [2.45, 2.75) is 32.0 Å². The Hall–Kier alpha value is -2.60. The minimum atomic E-state index is -0.0855. The van der Waals surface area contributed by atoms with Gasteiger partial charge in [0.05, 0.1) is 23.2 Å². The zero-order valence-electron chi connectivity index (χ0n) is 15.6. The normalized spacial score (nSPS) is 10.9. The molecule has 1 N–H and O–H groups in total. The Morgan fingerprint density at radius 2 is 1.89 bits per heavy atom. The van der Waals surface area contributed by atoms with E-state index in [1.165, 1.54) is 17.3 Å². The molecule has 3 rings (SSSR count). The molecule has 0 aliphatic rings. The van der Waals surface area contributed by atoms with Gasteiger partial charge in [0.1, 0.15) is 0 Å². The van der Waals surface area contributed by atoms with Gasteiger partial charge in [0.2, 0.25) is 5.91 Å². The molecule has 27 heavy (non-hydrogen) atoms. The fraction of sp³-hybridized carbons (Fsp3) is 0.286. The SMILES string of the molecule is CCCNC(=O)CSc1nc2ccccc2c(=O)n1Cc1ccc(C)cc1. The lowest BCUT2D eigenvalue weighted by atomic mass is 10.1. The van der Waals surface area contributed by atoms with Crippen LogP contribution in [0.3, 0.4) is 0 Å². The number of para-hydroxylation sites is 1. The second-order valence-electron chi connectivity index (χ2n) is 6.43. The van der Waals surface area contributed by atoms with E-state index in [2.05, 4.69) is 10.3 Å². The number of carbonyl (C=O) groups excluding carboxylic acids is 1. The third kappa shape index (κ3) is 4.77. The summed E-state index contributed by atoms with van der Waals surface area (Å²) in [5.74, 6) is 0.185. The van der Waals surface area contributed by atoms with Crippen molar-refractivity contribution in [1.82, 2.24) is 14.9 Å². The fourth-order valence-corrected chi connectivity index (χ4v) is 3.55. The number of thioether (sulfide) groups is 1. The van der Waals surface area contributed by atoms with Crippen LogP contribution in [0.1, 0.15) is 24.5 Å². The van der Waals surface area contributed by atoms with E-state index < -0.39 is 0 Å². The smallest absolute Gasteiger partial charge is 0.262 e. The summed E-state index contributed by atoms with van der Waals surface area (Å²) in [7, 11) is 0. The van der Waals surface area contributed by atoms with Crippen LogP contribution in [-0.4, -0.2) is 27.8 Å². The summed E-state index contributed by atoms with van der Waals surface area (Å²) in [5, 5.41) is 4.00. The molecule has 2 aromatic carbocycles. The van der Waals surface area contributed by atoms with E-state index in [0.717, 1.165) is 12.0 Å². The van der Waals surface area contributed by atoms with Crippen LogP contribution in [-0.2, 0) is 11.3 Å². The number of fused-ring (bicyclic) bond motifs is 1. The lowest BCUT2D eigenvalue weighted by Crippen LogP contribution is -2.27. The average molecular weight is 382 g/mol. The van der Waals surface area contributed by atoms with Gasteiger partial charge in [-0.15, -0.1) is 0 Å². The third-order valence-electron chi connectivity index (χ3n) is 4.19. The molecule has 0 atom stereocenters. The Bertz CT molecular complexity index is 996. The molecule has 0 aliphatic heterocycles. The molecule has 6 heteroatoms. The Balaban J connectivity index is 1.95. The van der Waals surface area contributed by atoms with Crippen molar-refractivity contribution in [3.8, 4) is 0 Å². The number of carbonyl (C=O) groups is 1. The average Bonchev–Trinajstić information content (AvgIpc) is 2.68. The maximum absolute atomic E-state index is 13.0. The summed E-state index contributed by atoms with van der Waals surface area (Å²) in [4.78, 5) is 29.7. The summed E-state index contributed by atoms with van der Waals surface area (Å²) < 4.78 is 1.66. The van der Waals surface area contributed by atoms with Crippen molar-refractivity contribution in [3.05, 3.63) is 70.0 Å². The maximum atomic E-state index is 13.0. The lowest BCUT2D eigenvalue weighted by molar-refractivity contribution is -0.118. The van der Waals surface area contributed by atoms with Crippen LogP contribution in [0, 0.1) is 6.92 Å². The number of hydrogen-bond donors (Lipinski definition) is 1. The summed E-state index contributed by atoms with van der Waals surface area (Å²) in [6.45, 7) is 5.12. The van der Waals surface area contributed by atoms with Gasteiger partial charge in [0.15, 0.2) is 5.16 Å². The predicted molar refractivity (Wildman–Crippen MR) is 110 cm³/mol. The van der Waals surface area contributed by atoms with E-state index >= 15 is 0 Å². The summed E-state index contributed by atoms with van der Waals surface area (Å²) in [6.07, 6.45) is 0.892. The standard InChI is InChI=1S/C21H23N3O2S/c1-3-12-22-19(25)14-27-21-23-18-7-5-4-6-17(18)20(26)24(21)13-16-10-8-15(2)9-11-16/h4-11H,3,12-14H2,1-2H3,(H,22,25). The second-order valence-corrected chi connectivity index (χ2v) is 7.37. The summed E-state index contributed by atoms with van der Waals surface area (Å²) in [5.41, 5.74) is 2.76. The Morgan fingerprint density at radius 1 is 1.15 bits per heavy atom. The highest BCUT2D eigenvalue weighted by molar-refractivity contribution is 7.99. The fourth-order valence-electron chi connectivity index (χ4n) is 2.72.